The maximum absolute atomic E-state index is 6.25. The Bertz CT molecular complexity index is 459. The van der Waals surface area contributed by atoms with Gasteiger partial charge in [0.05, 0.1) is 10.2 Å². The molecule has 19 heavy (non-hydrogen) atoms. The molecule has 0 atom stereocenters. The molecule has 5 heteroatoms. The van der Waals surface area contributed by atoms with Gasteiger partial charge in [0, 0.05) is 6.61 Å². The Kier molecular flexibility index (Phi) is 4.85. The Morgan fingerprint density at radius 2 is 1.95 bits per heavy atom. The number of rotatable bonds is 4. The molecule has 0 saturated heterocycles. The third-order valence-corrected chi connectivity index (χ3v) is 4.91. The predicted octanol–water partition coefficient (Wildman–Crippen LogP) is 4.82. The maximum Gasteiger partial charge on any atom is 0.162 e. The fraction of sp³-hybridized carbons (Fsp3) is 0.714. The third-order valence-electron chi connectivity index (χ3n) is 3.62. The quantitative estimate of drug-likeness (QED) is 0.732. The summed E-state index contributed by atoms with van der Waals surface area (Å²) >= 11 is 9.73. The molecule has 106 valence electrons. The van der Waals surface area contributed by atoms with Gasteiger partial charge in [-0.1, -0.05) is 25.4 Å². The maximum atomic E-state index is 6.25. The van der Waals surface area contributed by atoms with Crippen LogP contribution in [0.4, 0.5) is 0 Å². The van der Waals surface area contributed by atoms with Gasteiger partial charge in [0.15, 0.2) is 5.82 Å². The summed E-state index contributed by atoms with van der Waals surface area (Å²) in [4.78, 5) is 9.21. The zero-order valence-electron chi connectivity index (χ0n) is 11.7. The van der Waals surface area contributed by atoms with Gasteiger partial charge < -0.3 is 4.74 Å². The van der Waals surface area contributed by atoms with Gasteiger partial charge in [-0.05, 0) is 54.5 Å². The zero-order valence-corrected chi connectivity index (χ0v) is 14.0. The van der Waals surface area contributed by atoms with E-state index in [2.05, 4.69) is 34.8 Å². The van der Waals surface area contributed by atoms with Gasteiger partial charge in [-0.3, -0.25) is 0 Å². The van der Waals surface area contributed by atoms with Crippen LogP contribution in [0, 0.1) is 0 Å². The number of ether oxygens (including phenoxy) is 1. The van der Waals surface area contributed by atoms with Gasteiger partial charge in [0.25, 0.3) is 0 Å². The van der Waals surface area contributed by atoms with Crippen molar-refractivity contribution >= 4 is 27.5 Å². The van der Waals surface area contributed by atoms with Crippen LogP contribution in [0.25, 0.3) is 0 Å². The summed E-state index contributed by atoms with van der Waals surface area (Å²) in [5.74, 6) is 1.05. The number of hydrogen-bond acceptors (Lipinski definition) is 3. The van der Waals surface area contributed by atoms with Gasteiger partial charge in [-0.15, -0.1) is 0 Å². The lowest BCUT2D eigenvalue weighted by atomic mass is 10.00. The van der Waals surface area contributed by atoms with Crippen molar-refractivity contribution in [1.82, 2.24) is 9.97 Å². The van der Waals surface area contributed by atoms with E-state index in [1.54, 1.807) is 0 Å². The third kappa shape index (κ3) is 2.96. The molecular weight excluding hydrogens is 328 g/mol. The van der Waals surface area contributed by atoms with E-state index in [4.69, 9.17) is 21.3 Å². The molecular formula is C14H20BrClN2O. The van der Waals surface area contributed by atoms with Crippen LogP contribution in [-0.2, 0) is 10.3 Å². The van der Waals surface area contributed by atoms with E-state index in [9.17, 15) is 0 Å². The SMILES string of the molecule is CCOC1(c2nc(Cl)c(Br)c(C(C)C)n2)CCCC1. The van der Waals surface area contributed by atoms with E-state index in [-0.39, 0.29) is 5.60 Å². The first-order valence-corrected chi connectivity index (χ1v) is 8.04. The van der Waals surface area contributed by atoms with Gasteiger partial charge in [-0.2, -0.15) is 0 Å². The normalized spacial score (nSPS) is 18.2. The monoisotopic (exact) mass is 346 g/mol. The van der Waals surface area contributed by atoms with E-state index in [1.165, 1.54) is 0 Å². The summed E-state index contributed by atoms with van der Waals surface area (Å²) in [6.07, 6.45) is 4.29. The molecule has 0 radical (unpaired) electrons. The lowest BCUT2D eigenvalue weighted by Crippen LogP contribution is -2.29. The van der Waals surface area contributed by atoms with Crippen molar-refractivity contribution in [3.63, 3.8) is 0 Å². The van der Waals surface area contributed by atoms with Crippen LogP contribution in [0.1, 0.15) is 63.9 Å². The highest BCUT2D eigenvalue weighted by Gasteiger charge is 2.40. The van der Waals surface area contributed by atoms with E-state index >= 15 is 0 Å². The molecule has 1 aromatic heterocycles. The van der Waals surface area contributed by atoms with E-state index in [0.29, 0.717) is 17.7 Å². The van der Waals surface area contributed by atoms with Crippen LogP contribution in [0.2, 0.25) is 5.15 Å². The molecule has 3 nitrogen and oxygen atoms in total. The second-order valence-corrected chi connectivity index (χ2v) is 6.48. The van der Waals surface area contributed by atoms with Crippen LogP contribution < -0.4 is 0 Å². The van der Waals surface area contributed by atoms with Crippen molar-refractivity contribution in [3.05, 3.63) is 21.1 Å². The summed E-state index contributed by atoms with van der Waals surface area (Å²) in [6, 6.07) is 0. The lowest BCUT2D eigenvalue weighted by molar-refractivity contribution is -0.0458. The topological polar surface area (TPSA) is 35.0 Å². The minimum absolute atomic E-state index is 0.300. The minimum atomic E-state index is -0.331. The van der Waals surface area contributed by atoms with Crippen molar-refractivity contribution in [2.75, 3.05) is 6.61 Å². The van der Waals surface area contributed by atoms with Crippen LogP contribution in [0.5, 0.6) is 0 Å². The van der Waals surface area contributed by atoms with Gasteiger partial charge in [-0.25, -0.2) is 9.97 Å². The average Bonchev–Trinajstić information content (AvgIpc) is 2.82. The highest BCUT2D eigenvalue weighted by molar-refractivity contribution is 9.10. The second kappa shape index (κ2) is 6.06. The highest BCUT2D eigenvalue weighted by Crippen LogP contribution is 2.42. The van der Waals surface area contributed by atoms with Gasteiger partial charge >= 0.3 is 0 Å². The standard InChI is InChI=1S/C14H20BrClN2O/c1-4-19-14(7-5-6-8-14)13-17-11(9(2)3)10(15)12(16)18-13/h9H,4-8H2,1-3H3. The van der Waals surface area contributed by atoms with Crippen molar-refractivity contribution < 1.29 is 4.74 Å². The summed E-state index contributed by atoms with van der Waals surface area (Å²) < 4.78 is 6.81. The average molecular weight is 348 g/mol. The zero-order chi connectivity index (χ0) is 14.0. The van der Waals surface area contributed by atoms with E-state index in [1.807, 2.05) is 6.92 Å². The van der Waals surface area contributed by atoms with Crippen molar-refractivity contribution in [1.29, 1.82) is 0 Å². The molecule has 1 fully saturated rings. The molecule has 0 spiro atoms. The molecule has 1 aliphatic rings. The molecule has 0 aromatic carbocycles. The van der Waals surface area contributed by atoms with E-state index in [0.717, 1.165) is 41.7 Å². The summed E-state index contributed by atoms with van der Waals surface area (Å²) in [7, 11) is 0. The van der Waals surface area contributed by atoms with Gasteiger partial charge in [0.2, 0.25) is 0 Å². The molecule has 0 N–H and O–H groups in total. The summed E-state index contributed by atoms with van der Waals surface area (Å²) in [5.41, 5.74) is 0.629. The largest absolute Gasteiger partial charge is 0.367 e. The molecule has 0 unspecified atom stereocenters. The summed E-state index contributed by atoms with van der Waals surface area (Å²) in [5, 5.41) is 0.486. The van der Waals surface area contributed by atoms with Crippen molar-refractivity contribution in [3.8, 4) is 0 Å². The Morgan fingerprint density at radius 3 is 2.47 bits per heavy atom. The number of aromatic nitrogens is 2. The predicted molar refractivity (Wildman–Crippen MR) is 80.6 cm³/mol. The number of halogens is 2. The molecule has 1 heterocycles. The number of nitrogens with zero attached hydrogens (tertiary/aromatic N) is 2. The van der Waals surface area contributed by atoms with Crippen LogP contribution in [0.3, 0.4) is 0 Å². The summed E-state index contributed by atoms with van der Waals surface area (Å²) in [6.45, 7) is 6.91. The van der Waals surface area contributed by atoms with Crippen molar-refractivity contribution in [2.45, 2.75) is 58.0 Å². The second-order valence-electron chi connectivity index (χ2n) is 5.33. The lowest BCUT2D eigenvalue weighted by Gasteiger charge is -2.28. The van der Waals surface area contributed by atoms with Gasteiger partial charge in [0.1, 0.15) is 10.8 Å². The number of hydrogen-bond donors (Lipinski definition) is 0. The smallest absolute Gasteiger partial charge is 0.162 e. The molecule has 0 amide bonds. The molecule has 1 aromatic rings. The fourth-order valence-electron chi connectivity index (χ4n) is 2.68. The van der Waals surface area contributed by atoms with Crippen LogP contribution in [-0.4, -0.2) is 16.6 Å². The van der Waals surface area contributed by atoms with E-state index < -0.39 is 0 Å². The first-order chi connectivity index (χ1) is 9.00. The molecule has 2 rings (SSSR count). The molecule has 1 aliphatic carbocycles. The molecule has 0 aliphatic heterocycles. The Hall–Kier alpha value is -0.190. The first kappa shape index (κ1) is 15.2. The fourth-order valence-corrected chi connectivity index (χ4v) is 3.49. The Morgan fingerprint density at radius 1 is 1.32 bits per heavy atom. The molecule has 1 saturated carbocycles. The van der Waals surface area contributed by atoms with Crippen molar-refractivity contribution in [2.24, 2.45) is 0 Å². The minimum Gasteiger partial charge on any atom is -0.367 e. The molecule has 0 bridgehead atoms. The Balaban J connectivity index is 2.49. The van der Waals surface area contributed by atoms with Crippen LogP contribution in [0.15, 0.2) is 4.47 Å². The van der Waals surface area contributed by atoms with Crippen LogP contribution >= 0.6 is 27.5 Å². The highest BCUT2D eigenvalue weighted by atomic mass is 79.9. The Labute approximate surface area is 128 Å². The first-order valence-electron chi connectivity index (χ1n) is 6.87.